The van der Waals surface area contributed by atoms with E-state index in [2.05, 4.69) is 6.58 Å². The molecule has 0 aliphatic rings. The van der Waals surface area contributed by atoms with Gasteiger partial charge in [-0.2, -0.15) is 0 Å². The third-order valence-corrected chi connectivity index (χ3v) is 5.93. The summed E-state index contributed by atoms with van der Waals surface area (Å²) >= 11 is 6.12. The number of methoxy groups -OCH3 is 1. The summed E-state index contributed by atoms with van der Waals surface area (Å²) in [7, 11) is 1.37. The van der Waals surface area contributed by atoms with Crippen molar-refractivity contribution in [3.05, 3.63) is 118 Å². The molecule has 0 radical (unpaired) electrons. The first-order chi connectivity index (χ1) is 16.0. The first-order valence-electron chi connectivity index (χ1n) is 10.7. The summed E-state index contributed by atoms with van der Waals surface area (Å²) in [4.78, 5) is 16.7. The monoisotopic (exact) mass is 457 g/mol. The molecule has 0 spiro atoms. The zero-order valence-corrected chi connectivity index (χ0v) is 19.0. The summed E-state index contributed by atoms with van der Waals surface area (Å²) in [6.45, 7) is 4.23. The molecular weight excluding hydrogens is 434 g/mol. The Morgan fingerprint density at radius 1 is 1.06 bits per heavy atom. The van der Waals surface area contributed by atoms with Crippen LogP contribution in [-0.2, 0) is 11.2 Å². The number of esters is 1. The molecule has 0 saturated heterocycles. The maximum absolute atomic E-state index is 12.0. The van der Waals surface area contributed by atoms with Gasteiger partial charge in [0, 0.05) is 16.0 Å². The van der Waals surface area contributed by atoms with Gasteiger partial charge in [0.15, 0.2) is 0 Å². The highest BCUT2D eigenvalue weighted by molar-refractivity contribution is 6.31. The van der Waals surface area contributed by atoms with E-state index >= 15 is 0 Å². The minimum absolute atomic E-state index is 0.373. The van der Waals surface area contributed by atoms with Crippen molar-refractivity contribution in [1.82, 2.24) is 4.98 Å². The Hall–Kier alpha value is -3.47. The summed E-state index contributed by atoms with van der Waals surface area (Å²) in [6, 6.07) is 24.5. The molecule has 0 unspecified atom stereocenters. The topological polar surface area (TPSA) is 59.4 Å². The Morgan fingerprint density at radius 2 is 1.85 bits per heavy atom. The van der Waals surface area contributed by atoms with Gasteiger partial charge >= 0.3 is 5.97 Å². The van der Waals surface area contributed by atoms with Crippen LogP contribution in [0.15, 0.2) is 85.4 Å². The van der Waals surface area contributed by atoms with Gasteiger partial charge in [-0.1, -0.05) is 66.7 Å². The van der Waals surface area contributed by atoms with Crippen molar-refractivity contribution in [2.75, 3.05) is 7.11 Å². The summed E-state index contributed by atoms with van der Waals surface area (Å²) < 4.78 is 4.86. The molecular formula is C28H24ClNO3. The van der Waals surface area contributed by atoms with Crippen LogP contribution >= 0.6 is 11.6 Å². The number of nitrogens with zero attached hydrogens (tertiary/aromatic N) is 1. The average molecular weight is 458 g/mol. The van der Waals surface area contributed by atoms with Crippen LogP contribution in [0.5, 0.6) is 0 Å². The van der Waals surface area contributed by atoms with E-state index in [0.29, 0.717) is 23.4 Å². The molecule has 1 heterocycles. The number of halogens is 1. The fraction of sp³-hybridized carbons (Fsp3) is 0.143. The van der Waals surface area contributed by atoms with E-state index in [9.17, 15) is 9.90 Å². The number of aliphatic hydroxyl groups is 1. The van der Waals surface area contributed by atoms with E-state index in [1.807, 2.05) is 66.7 Å². The number of ether oxygens (including phenoxy) is 1. The van der Waals surface area contributed by atoms with Crippen LogP contribution < -0.4 is 0 Å². The molecule has 3 aromatic carbocycles. The second kappa shape index (κ2) is 9.99. The van der Waals surface area contributed by atoms with Crippen molar-refractivity contribution in [2.24, 2.45) is 0 Å². The lowest BCUT2D eigenvalue weighted by molar-refractivity contribution is 0.0599. The molecule has 0 aliphatic carbocycles. The molecule has 4 nitrogen and oxygen atoms in total. The summed E-state index contributed by atoms with van der Waals surface area (Å²) in [5.74, 6) is -0.373. The molecule has 33 heavy (non-hydrogen) atoms. The van der Waals surface area contributed by atoms with Crippen LogP contribution in [0.25, 0.3) is 16.5 Å². The lowest BCUT2D eigenvalue weighted by Gasteiger charge is -2.15. The third kappa shape index (κ3) is 5.14. The van der Waals surface area contributed by atoms with E-state index in [1.54, 1.807) is 12.1 Å². The molecule has 0 aliphatic heterocycles. The smallest absolute Gasteiger partial charge is 0.338 e. The van der Waals surface area contributed by atoms with Gasteiger partial charge in [0.2, 0.25) is 0 Å². The van der Waals surface area contributed by atoms with Crippen molar-refractivity contribution in [3.8, 4) is 0 Å². The minimum atomic E-state index is -0.688. The van der Waals surface area contributed by atoms with E-state index in [0.717, 1.165) is 38.9 Å². The highest BCUT2D eigenvalue weighted by Gasteiger charge is 2.15. The summed E-state index contributed by atoms with van der Waals surface area (Å²) in [5, 5.41) is 12.5. The fourth-order valence-corrected chi connectivity index (χ4v) is 4.01. The molecule has 0 saturated carbocycles. The lowest BCUT2D eigenvalue weighted by Crippen LogP contribution is -2.07. The van der Waals surface area contributed by atoms with Gasteiger partial charge in [0.1, 0.15) is 0 Å². The average Bonchev–Trinajstić information content (AvgIpc) is 2.86. The number of pyridine rings is 1. The predicted molar refractivity (Wildman–Crippen MR) is 132 cm³/mol. The van der Waals surface area contributed by atoms with Gasteiger partial charge in [0.25, 0.3) is 0 Å². The van der Waals surface area contributed by atoms with Gasteiger partial charge < -0.3 is 9.84 Å². The molecule has 5 heteroatoms. The zero-order chi connectivity index (χ0) is 23.4. The number of hydrogen-bond acceptors (Lipinski definition) is 4. The number of carbonyl (C=O) groups is 1. The number of aliphatic hydroxyl groups excluding tert-OH is 1. The van der Waals surface area contributed by atoms with Crippen molar-refractivity contribution in [3.63, 3.8) is 0 Å². The summed E-state index contributed by atoms with van der Waals surface area (Å²) in [6.07, 6.45) is 0.327. The zero-order valence-electron chi connectivity index (χ0n) is 18.3. The van der Waals surface area contributed by atoms with Crippen molar-refractivity contribution < 1.29 is 14.6 Å². The second-order valence-corrected chi connectivity index (χ2v) is 8.28. The Bertz CT molecular complexity index is 1330. The van der Waals surface area contributed by atoms with Crippen LogP contribution in [0.4, 0.5) is 0 Å². The molecule has 1 atom stereocenters. The van der Waals surface area contributed by atoms with Gasteiger partial charge in [-0.15, -0.1) is 0 Å². The van der Waals surface area contributed by atoms with Crippen LogP contribution in [0.2, 0.25) is 5.02 Å². The fourth-order valence-electron chi connectivity index (χ4n) is 3.85. The number of carbonyl (C=O) groups excluding carboxylic acids is 1. The van der Waals surface area contributed by atoms with E-state index in [4.69, 9.17) is 21.3 Å². The Balaban J connectivity index is 1.52. The molecule has 4 rings (SSSR count). The molecule has 1 aromatic heterocycles. The van der Waals surface area contributed by atoms with Crippen LogP contribution in [0.1, 0.15) is 45.3 Å². The summed E-state index contributed by atoms with van der Waals surface area (Å²) in [5.41, 5.74) is 5.37. The number of hydrogen-bond donors (Lipinski definition) is 1. The lowest BCUT2D eigenvalue weighted by atomic mass is 9.95. The van der Waals surface area contributed by atoms with Crippen LogP contribution in [-0.4, -0.2) is 23.2 Å². The number of fused-ring (bicyclic) bond motifs is 1. The SMILES string of the molecule is C=C(c1cccc([C@@H](O)CCc2ccccc2C(=O)OC)c1)c1ccc2ccc(Cl)cc2n1. The van der Waals surface area contributed by atoms with Crippen LogP contribution in [0.3, 0.4) is 0 Å². The quantitative estimate of drug-likeness (QED) is 0.326. The third-order valence-electron chi connectivity index (χ3n) is 5.69. The number of rotatable bonds is 7. The Morgan fingerprint density at radius 3 is 2.67 bits per heavy atom. The molecule has 4 aromatic rings. The minimum Gasteiger partial charge on any atom is -0.465 e. The maximum atomic E-state index is 12.0. The standard InChI is InChI=1S/C28H24ClNO3/c1-18(25-14-11-20-10-13-23(29)17-26(20)30-25)21-7-5-8-22(16-21)27(31)15-12-19-6-3-4-9-24(19)28(32)33-2/h3-11,13-14,16-17,27,31H,1,12,15H2,2H3/t27-/m0/s1. The van der Waals surface area contributed by atoms with Crippen molar-refractivity contribution >= 4 is 34.0 Å². The Labute approximate surface area is 198 Å². The van der Waals surface area contributed by atoms with E-state index < -0.39 is 6.10 Å². The van der Waals surface area contributed by atoms with E-state index in [-0.39, 0.29) is 5.97 Å². The predicted octanol–water partition coefficient (Wildman–Crippen LogP) is 6.40. The number of aryl methyl sites for hydroxylation is 1. The maximum Gasteiger partial charge on any atom is 0.338 e. The van der Waals surface area contributed by atoms with Gasteiger partial charge in [-0.05, 0) is 59.9 Å². The first-order valence-corrected chi connectivity index (χ1v) is 11.0. The van der Waals surface area contributed by atoms with Gasteiger partial charge in [-0.25, -0.2) is 9.78 Å². The van der Waals surface area contributed by atoms with Gasteiger partial charge in [0.05, 0.1) is 30.0 Å². The Kier molecular flexibility index (Phi) is 6.87. The van der Waals surface area contributed by atoms with Crippen molar-refractivity contribution in [1.29, 1.82) is 0 Å². The van der Waals surface area contributed by atoms with Crippen LogP contribution in [0, 0.1) is 0 Å². The second-order valence-electron chi connectivity index (χ2n) is 7.84. The van der Waals surface area contributed by atoms with E-state index in [1.165, 1.54) is 7.11 Å². The highest BCUT2D eigenvalue weighted by atomic mass is 35.5. The number of aromatic nitrogens is 1. The normalized spacial score (nSPS) is 11.8. The number of benzene rings is 3. The van der Waals surface area contributed by atoms with Gasteiger partial charge in [-0.3, -0.25) is 0 Å². The molecule has 1 N–H and O–H groups in total. The molecule has 166 valence electrons. The molecule has 0 amide bonds. The molecule has 0 bridgehead atoms. The van der Waals surface area contributed by atoms with Crippen molar-refractivity contribution in [2.45, 2.75) is 18.9 Å². The first kappa shape index (κ1) is 22.7. The highest BCUT2D eigenvalue weighted by Crippen LogP contribution is 2.27. The largest absolute Gasteiger partial charge is 0.465 e. The molecule has 0 fully saturated rings.